The zero-order chi connectivity index (χ0) is 13.8. The Balaban J connectivity index is 2.22. The molecule has 1 N–H and O–H groups in total. The summed E-state index contributed by atoms with van der Waals surface area (Å²) < 4.78 is 26.6. The molecule has 2 aromatic rings. The molecule has 100 valence electrons. The molecule has 2 rings (SSSR count). The summed E-state index contributed by atoms with van der Waals surface area (Å²) in [5.74, 6) is -0.713. The maximum Gasteiger partial charge on any atom is 0.223 e. The first-order chi connectivity index (χ1) is 9.10. The summed E-state index contributed by atoms with van der Waals surface area (Å²) in [4.78, 5) is 8.24. The van der Waals surface area contributed by atoms with Crippen LogP contribution in [-0.2, 0) is 0 Å². The Morgan fingerprint density at radius 1 is 1.21 bits per heavy atom. The SMILES string of the molecule is CCC(Nc1ncc(C)cn1)c1ccc(F)cc1F. The smallest absolute Gasteiger partial charge is 0.223 e. The topological polar surface area (TPSA) is 37.8 Å². The Morgan fingerprint density at radius 2 is 1.89 bits per heavy atom. The quantitative estimate of drug-likeness (QED) is 0.915. The molecule has 19 heavy (non-hydrogen) atoms. The standard InChI is InChI=1S/C14H15F2N3/c1-3-13(11-5-4-10(15)6-12(11)16)19-14-17-7-9(2)8-18-14/h4-8,13H,3H2,1-2H3,(H,17,18,19). The number of hydrogen-bond donors (Lipinski definition) is 1. The monoisotopic (exact) mass is 263 g/mol. The Kier molecular flexibility index (Phi) is 4.04. The van der Waals surface area contributed by atoms with Gasteiger partial charge < -0.3 is 5.32 Å². The Bertz CT molecular complexity index is 555. The molecule has 0 spiro atoms. The Labute approximate surface area is 110 Å². The van der Waals surface area contributed by atoms with Gasteiger partial charge in [0.2, 0.25) is 5.95 Å². The molecule has 0 amide bonds. The first kappa shape index (κ1) is 13.4. The van der Waals surface area contributed by atoms with Gasteiger partial charge in [-0.3, -0.25) is 0 Å². The number of rotatable bonds is 4. The van der Waals surface area contributed by atoms with Gasteiger partial charge in [-0.15, -0.1) is 0 Å². The van der Waals surface area contributed by atoms with Gasteiger partial charge in [0.25, 0.3) is 0 Å². The summed E-state index contributed by atoms with van der Waals surface area (Å²) in [7, 11) is 0. The van der Waals surface area contributed by atoms with Crippen LogP contribution in [-0.4, -0.2) is 9.97 Å². The average molecular weight is 263 g/mol. The van der Waals surface area contributed by atoms with E-state index < -0.39 is 11.6 Å². The van der Waals surface area contributed by atoms with Crippen molar-refractivity contribution in [1.29, 1.82) is 0 Å². The van der Waals surface area contributed by atoms with Crippen LogP contribution in [0.4, 0.5) is 14.7 Å². The highest BCUT2D eigenvalue weighted by atomic mass is 19.1. The van der Waals surface area contributed by atoms with Crippen molar-refractivity contribution in [3.63, 3.8) is 0 Å². The van der Waals surface area contributed by atoms with Gasteiger partial charge >= 0.3 is 0 Å². The molecule has 1 heterocycles. The lowest BCUT2D eigenvalue weighted by molar-refractivity contribution is 0.558. The van der Waals surface area contributed by atoms with Crippen LogP contribution in [0, 0.1) is 18.6 Å². The molecule has 1 aromatic heterocycles. The molecular formula is C14H15F2N3. The highest BCUT2D eigenvalue weighted by molar-refractivity contribution is 5.33. The molecule has 0 fully saturated rings. The second-order valence-corrected chi connectivity index (χ2v) is 4.36. The summed E-state index contributed by atoms with van der Waals surface area (Å²) >= 11 is 0. The van der Waals surface area contributed by atoms with Gasteiger partial charge in [-0.25, -0.2) is 18.7 Å². The Morgan fingerprint density at radius 3 is 2.47 bits per heavy atom. The van der Waals surface area contributed by atoms with Crippen LogP contribution in [0.15, 0.2) is 30.6 Å². The van der Waals surface area contributed by atoms with E-state index in [1.807, 2.05) is 13.8 Å². The lowest BCUT2D eigenvalue weighted by Crippen LogP contribution is -2.13. The van der Waals surface area contributed by atoms with E-state index in [0.29, 0.717) is 17.9 Å². The van der Waals surface area contributed by atoms with Gasteiger partial charge in [0.05, 0.1) is 6.04 Å². The summed E-state index contributed by atoms with van der Waals surface area (Å²) in [6.45, 7) is 3.80. The van der Waals surface area contributed by atoms with Crippen LogP contribution in [0.5, 0.6) is 0 Å². The molecule has 0 aliphatic carbocycles. The van der Waals surface area contributed by atoms with Gasteiger partial charge in [-0.05, 0) is 25.0 Å². The average Bonchev–Trinajstić information content (AvgIpc) is 2.39. The second-order valence-electron chi connectivity index (χ2n) is 4.36. The van der Waals surface area contributed by atoms with E-state index in [1.165, 1.54) is 12.1 Å². The van der Waals surface area contributed by atoms with Crippen molar-refractivity contribution < 1.29 is 8.78 Å². The molecule has 0 saturated heterocycles. The van der Waals surface area contributed by atoms with E-state index in [9.17, 15) is 8.78 Å². The minimum Gasteiger partial charge on any atom is -0.347 e. The number of hydrogen-bond acceptors (Lipinski definition) is 3. The van der Waals surface area contributed by atoms with Crippen molar-refractivity contribution in [2.75, 3.05) is 5.32 Å². The molecule has 3 nitrogen and oxygen atoms in total. The molecule has 1 unspecified atom stereocenters. The number of aryl methyl sites for hydroxylation is 1. The van der Waals surface area contributed by atoms with Crippen LogP contribution < -0.4 is 5.32 Å². The predicted molar refractivity (Wildman–Crippen MR) is 69.8 cm³/mol. The maximum atomic E-state index is 13.7. The summed E-state index contributed by atoms with van der Waals surface area (Å²) in [6.07, 6.45) is 4.01. The van der Waals surface area contributed by atoms with Crippen LogP contribution in [0.1, 0.15) is 30.5 Å². The molecule has 0 aliphatic heterocycles. The largest absolute Gasteiger partial charge is 0.347 e. The highest BCUT2D eigenvalue weighted by Gasteiger charge is 2.15. The third-order valence-electron chi connectivity index (χ3n) is 2.83. The van der Waals surface area contributed by atoms with E-state index in [2.05, 4.69) is 15.3 Å². The molecule has 1 atom stereocenters. The van der Waals surface area contributed by atoms with Crippen molar-refractivity contribution in [3.05, 3.63) is 53.4 Å². The number of aromatic nitrogens is 2. The van der Waals surface area contributed by atoms with Crippen molar-refractivity contribution in [2.45, 2.75) is 26.3 Å². The summed E-state index contributed by atoms with van der Waals surface area (Å²) in [5, 5.41) is 3.05. The van der Waals surface area contributed by atoms with Crippen molar-refractivity contribution in [2.24, 2.45) is 0 Å². The Hall–Kier alpha value is -2.04. The van der Waals surface area contributed by atoms with Crippen molar-refractivity contribution in [3.8, 4) is 0 Å². The first-order valence-corrected chi connectivity index (χ1v) is 6.10. The van der Waals surface area contributed by atoms with Crippen LogP contribution >= 0.6 is 0 Å². The fraction of sp³-hybridized carbons (Fsp3) is 0.286. The second kappa shape index (κ2) is 5.73. The number of benzene rings is 1. The fourth-order valence-electron chi connectivity index (χ4n) is 1.81. The van der Waals surface area contributed by atoms with Gasteiger partial charge in [-0.2, -0.15) is 0 Å². The van der Waals surface area contributed by atoms with E-state index in [0.717, 1.165) is 11.6 Å². The zero-order valence-corrected chi connectivity index (χ0v) is 10.8. The lowest BCUT2D eigenvalue weighted by Gasteiger charge is -2.18. The molecule has 0 bridgehead atoms. The van der Waals surface area contributed by atoms with Crippen molar-refractivity contribution >= 4 is 5.95 Å². The minimum absolute atomic E-state index is 0.289. The third kappa shape index (κ3) is 3.24. The molecule has 0 saturated carbocycles. The van der Waals surface area contributed by atoms with E-state index in [1.54, 1.807) is 12.4 Å². The van der Waals surface area contributed by atoms with Gasteiger partial charge in [-0.1, -0.05) is 13.0 Å². The molecular weight excluding hydrogens is 248 g/mol. The van der Waals surface area contributed by atoms with Gasteiger partial charge in [0.15, 0.2) is 0 Å². The van der Waals surface area contributed by atoms with Crippen LogP contribution in [0.25, 0.3) is 0 Å². The van der Waals surface area contributed by atoms with E-state index in [4.69, 9.17) is 0 Å². The van der Waals surface area contributed by atoms with Gasteiger partial charge in [0.1, 0.15) is 11.6 Å². The molecule has 0 aliphatic rings. The van der Waals surface area contributed by atoms with E-state index >= 15 is 0 Å². The molecule has 0 radical (unpaired) electrons. The highest BCUT2D eigenvalue weighted by Crippen LogP contribution is 2.23. The van der Waals surface area contributed by atoms with Crippen LogP contribution in [0.2, 0.25) is 0 Å². The number of halogens is 2. The minimum atomic E-state index is -0.581. The lowest BCUT2D eigenvalue weighted by atomic mass is 10.0. The number of anilines is 1. The van der Waals surface area contributed by atoms with Crippen molar-refractivity contribution in [1.82, 2.24) is 9.97 Å². The maximum absolute atomic E-state index is 13.7. The van der Waals surface area contributed by atoms with E-state index in [-0.39, 0.29) is 6.04 Å². The fourth-order valence-corrected chi connectivity index (χ4v) is 1.81. The normalized spacial score (nSPS) is 12.2. The number of nitrogens with one attached hydrogen (secondary N) is 1. The van der Waals surface area contributed by atoms with Crippen LogP contribution in [0.3, 0.4) is 0 Å². The zero-order valence-electron chi connectivity index (χ0n) is 10.8. The molecule has 5 heteroatoms. The number of nitrogens with zero attached hydrogens (tertiary/aromatic N) is 2. The molecule has 1 aromatic carbocycles. The summed E-state index contributed by atoms with van der Waals surface area (Å²) in [6, 6.07) is 3.29. The van der Waals surface area contributed by atoms with Gasteiger partial charge in [0, 0.05) is 24.0 Å². The third-order valence-corrected chi connectivity index (χ3v) is 2.83. The first-order valence-electron chi connectivity index (χ1n) is 6.10. The predicted octanol–water partition coefficient (Wildman–Crippen LogP) is 3.63. The summed E-state index contributed by atoms with van der Waals surface area (Å²) in [5.41, 5.74) is 1.36.